The fourth-order valence-corrected chi connectivity index (χ4v) is 4.31. The molecule has 164 valence electrons. The van der Waals surface area contributed by atoms with E-state index in [0.717, 1.165) is 5.56 Å². The SMILES string of the molecule is COC(=O)N[C@@H]1COc2cc(-c3nc(N4C[C@@H](O)[C@@H]4C)nc4c3CCC4(F)F)ccc21. The number of ether oxygens (including phenoxy) is 2. The Balaban J connectivity index is 1.55. The van der Waals surface area contributed by atoms with Gasteiger partial charge in [0.05, 0.1) is 31.0 Å². The number of rotatable bonds is 3. The van der Waals surface area contributed by atoms with Crippen molar-refractivity contribution < 1.29 is 28.2 Å². The number of alkyl carbamates (subject to hydrolysis) is 1. The summed E-state index contributed by atoms with van der Waals surface area (Å²) in [4.78, 5) is 22.1. The minimum absolute atomic E-state index is 0.181. The molecule has 1 saturated heterocycles. The summed E-state index contributed by atoms with van der Waals surface area (Å²) in [5.74, 6) is -2.26. The lowest BCUT2D eigenvalue weighted by molar-refractivity contribution is -0.00603. The maximum absolute atomic E-state index is 14.6. The molecule has 1 fully saturated rings. The Morgan fingerprint density at radius 1 is 1.39 bits per heavy atom. The Hall–Kier alpha value is -3.01. The van der Waals surface area contributed by atoms with E-state index in [2.05, 4.69) is 20.0 Å². The highest BCUT2D eigenvalue weighted by Gasteiger charge is 2.45. The molecule has 10 heteroatoms. The van der Waals surface area contributed by atoms with E-state index in [1.54, 1.807) is 30.0 Å². The third-order valence-electron chi connectivity index (χ3n) is 6.27. The van der Waals surface area contributed by atoms with Crippen molar-refractivity contribution in [3.63, 3.8) is 0 Å². The number of amides is 1. The Bertz CT molecular complexity index is 1060. The molecular weight excluding hydrogens is 410 g/mol. The minimum Gasteiger partial charge on any atom is -0.491 e. The zero-order valence-corrected chi connectivity index (χ0v) is 17.1. The van der Waals surface area contributed by atoms with Crippen molar-refractivity contribution in [3.8, 4) is 17.0 Å². The van der Waals surface area contributed by atoms with E-state index in [1.165, 1.54) is 7.11 Å². The fourth-order valence-electron chi connectivity index (χ4n) is 4.31. The smallest absolute Gasteiger partial charge is 0.407 e. The second kappa shape index (κ2) is 7.01. The average Bonchev–Trinajstić information content (AvgIpc) is 3.30. The van der Waals surface area contributed by atoms with Crippen LogP contribution in [0.15, 0.2) is 18.2 Å². The van der Waals surface area contributed by atoms with Gasteiger partial charge in [-0.2, -0.15) is 8.78 Å². The number of carbonyl (C=O) groups is 1. The third kappa shape index (κ3) is 3.16. The first kappa shape index (κ1) is 19.9. The molecule has 3 aliphatic rings. The van der Waals surface area contributed by atoms with Crippen molar-refractivity contribution in [2.75, 3.05) is 25.2 Å². The minimum atomic E-state index is -3.02. The van der Waals surface area contributed by atoms with Gasteiger partial charge in [0.25, 0.3) is 5.92 Å². The monoisotopic (exact) mass is 432 g/mol. The number of carbonyl (C=O) groups excluding carboxylic acids is 1. The number of fused-ring (bicyclic) bond motifs is 2. The maximum atomic E-state index is 14.6. The molecule has 0 saturated carbocycles. The van der Waals surface area contributed by atoms with Gasteiger partial charge >= 0.3 is 6.09 Å². The van der Waals surface area contributed by atoms with Crippen molar-refractivity contribution in [1.29, 1.82) is 0 Å². The summed E-state index contributed by atoms with van der Waals surface area (Å²) in [6.07, 6.45) is -1.22. The molecule has 31 heavy (non-hydrogen) atoms. The van der Waals surface area contributed by atoms with Crippen LogP contribution in [0.2, 0.25) is 0 Å². The van der Waals surface area contributed by atoms with E-state index in [4.69, 9.17) is 4.74 Å². The highest BCUT2D eigenvalue weighted by atomic mass is 19.3. The molecule has 5 rings (SSSR count). The average molecular weight is 432 g/mol. The Kier molecular flexibility index (Phi) is 4.51. The highest BCUT2D eigenvalue weighted by molar-refractivity contribution is 5.71. The van der Waals surface area contributed by atoms with Gasteiger partial charge in [-0.05, 0) is 19.4 Å². The molecule has 1 aromatic carbocycles. The van der Waals surface area contributed by atoms with Crippen molar-refractivity contribution in [3.05, 3.63) is 35.0 Å². The van der Waals surface area contributed by atoms with Crippen LogP contribution < -0.4 is 15.0 Å². The van der Waals surface area contributed by atoms with E-state index >= 15 is 0 Å². The number of alkyl halides is 2. The normalized spacial score (nSPS) is 25.3. The van der Waals surface area contributed by atoms with Gasteiger partial charge in [-0.1, -0.05) is 12.1 Å². The number of methoxy groups -OCH3 is 1. The molecule has 1 aliphatic carbocycles. The summed E-state index contributed by atoms with van der Waals surface area (Å²) < 4.78 is 39.5. The third-order valence-corrected chi connectivity index (χ3v) is 6.27. The predicted molar refractivity (Wildman–Crippen MR) is 106 cm³/mol. The van der Waals surface area contributed by atoms with Gasteiger partial charge in [0.2, 0.25) is 5.95 Å². The number of hydrogen-bond acceptors (Lipinski definition) is 7. The molecule has 0 unspecified atom stereocenters. The van der Waals surface area contributed by atoms with Crippen LogP contribution in [0.25, 0.3) is 11.3 Å². The lowest BCUT2D eigenvalue weighted by Crippen LogP contribution is -2.59. The fraction of sp³-hybridized carbons (Fsp3) is 0.476. The van der Waals surface area contributed by atoms with Gasteiger partial charge in [-0.25, -0.2) is 14.8 Å². The summed E-state index contributed by atoms with van der Waals surface area (Å²) in [5.41, 5.74) is 2.06. The molecular formula is C21H22F2N4O4. The number of β-amino-alcohol motifs (C(OH)–C–C–N with tert-alkyl or cyclic N) is 1. The molecule has 8 nitrogen and oxygen atoms in total. The number of anilines is 1. The van der Waals surface area contributed by atoms with Gasteiger partial charge in [-0.15, -0.1) is 0 Å². The zero-order valence-electron chi connectivity index (χ0n) is 17.1. The first-order chi connectivity index (χ1) is 14.8. The molecule has 2 aromatic rings. The van der Waals surface area contributed by atoms with Crippen LogP contribution >= 0.6 is 0 Å². The molecule has 0 bridgehead atoms. The number of halogens is 2. The van der Waals surface area contributed by atoms with Crippen LogP contribution in [-0.4, -0.2) is 53.6 Å². The zero-order chi connectivity index (χ0) is 21.9. The van der Waals surface area contributed by atoms with Gasteiger partial charge in [0.1, 0.15) is 18.1 Å². The van der Waals surface area contributed by atoms with Crippen LogP contribution in [0.1, 0.15) is 36.2 Å². The molecule has 2 aliphatic heterocycles. The van der Waals surface area contributed by atoms with Crippen molar-refractivity contribution in [1.82, 2.24) is 15.3 Å². The molecule has 3 atom stereocenters. The maximum Gasteiger partial charge on any atom is 0.407 e. The summed E-state index contributed by atoms with van der Waals surface area (Å²) >= 11 is 0. The summed E-state index contributed by atoms with van der Waals surface area (Å²) in [5, 5.41) is 12.5. The van der Waals surface area contributed by atoms with E-state index < -0.39 is 18.1 Å². The van der Waals surface area contributed by atoms with E-state index in [-0.39, 0.29) is 43.2 Å². The largest absolute Gasteiger partial charge is 0.491 e. The van der Waals surface area contributed by atoms with Crippen LogP contribution in [0.4, 0.5) is 19.5 Å². The number of nitrogens with one attached hydrogen (secondary N) is 1. The van der Waals surface area contributed by atoms with Crippen LogP contribution in [0, 0.1) is 0 Å². The van der Waals surface area contributed by atoms with Crippen LogP contribution in [0.5, 0.6) is 5.75 Å². The molecule has 1 aromatic heterocycles. The first-order valence-electron chi connectivity index (χ1n) is 10.1. The van der Waals surface area contributed by atoms with Crippen LogP contribution in [0.3, 0.4) is 0 Å². The number of hydrogen-bond donors (Lipinski definition) is 2. The summed E-state index contributed by atoms with van der Waals surface area (Å²) in [6, 6.07) is 4.75. The molecule has 0 spiro atoms. The molecule has 0 radical (unpaired) electrons. The van der Waals surface area contributed by atoms with Crippen molar-refractivity contribution in [2.45, 2.75) is 43.9 Å². The van der Waals surface area contributed by atoms with Gasteiger partial charge in [-0.3, -0.25) is 0 Å². The second-order valence-corrected chi connectivity index (χ2v) is 8.12. The van der Waals surface area contributed by atoms with Crippen molar-refractivity contribution in [2.24, 2.45) is 0 Å². The predicted octanol–water partition coefficient (Wildman–Crippen LogP) is 2.54. The summed E-state index contributed by atoms with van der Waals surface area (Å²) in [6.45, 7) is 2.36. The van der Waals surface area contributed by atoms with E-state index in [9.17, 15) is 18.7 Å². The Morgan fingerprint density at radius 2 is 2.19 bits per heavy atom. The topological polar surface area (TPSA) is 96.8 Å². The molecule has 2 N–H and O–H groups in total. The molecule has 1 amide bonds. The Labute approximate surface area is 177 Å². The van der Waals surface area contributed by atoms with Gasteiger partial charge in [0.15, 0.2) is 0 Å². The van der Waals surface area contributed by atoms with Gasteiger partial charge in [0, 0.05) is 29.7 Å². The van der Waals surface area contributed by atoms with E-state index in [0.29, 0.717) is 29.1 Å². The second-order valence-electron chi connectivity index (χ2n) is 8.12. The lowest BCUT2D eigenvalue weighted by Gasteiger charge is -2.43. The summed E-state index contributed by atoms with van der Waals surface area (Å²) in [7, 11) is 1.29. The number of aromatic nitrogens is 2. The first-order valence-corrected chi connectivity index (χ1v) is 10.1. The Morgan fingerprint density at radius 3 is 2.90 bits per heavy atom. The number of aliphatic hydroxyl groups is 1. The quantitative estimate of drug-likeness (QED) is 0.769. The standard InChI is InChI=1S/C21H22F2N4O4/c1-10-15(28)8-27(10)19-25-17(13-5-6-21(22,23)18(13)26-19)11-3-4-12-14(24-20(29)30-2)9-31-16(12)7-11/h3-4,7,10,14-15,28H,5-6,8-9H2,1-2H3,(H,24,29)/t10-,14+,15+/m0/s1. The lowest BCUT2D eigenvalue weighted by atomic mass is 10.00. The number of aliphatic hydroxyl groups excluding tert-OH is 1. The van der Waals surface area contributed by atoms with Crippen molar-refractivity contribution >= 4 is 12.0 Å². The van der Waals surface area contributed by atoms with E-state index in [1.807, 2.05) is 0 Å². The van der Waals surface area contributed by atoms with Crippen LogP contribution in [-0.2, 0) is 17.1 Å². The number of benzene rings is 1. The highest BCUT2D eigenvalue weighted by Crippen LogP contribution is 2.46. The molecule has 3 heterocycles. The number of nitrogens with zero attached hydrogens (tertiary/aromatic N) is 3. The van der Waals surface area contributed by atoms with Gasteiger partial charge < -0.3 is 24.8 Å².